The van der Waals surface area contributed by atoms with Gasteiger partial charge in [0.1, 0.15) is 11.4 Å². The number of nitrogens with zero attached hydrogens (tertiary/aromatic N) is 1. The van der Waals surface area contributed by atoms with Crippen LogP contribution in [0.25, 0.3) is 5.57 Å². The van der Waals surface area contributed by atoms with Gasteiger partial charge in [0, 0.05) is 6.04 Å². The second-order valence-electron chi connectivity index (χ2n) is 7.76. The van der Waals surface area contributed by atoms with Gasteiger partial charge < -0.3 is 9.47 Å². The van der Waals surface area contributed by atoms with E-state index in [1.165, 1.54) is 16.7 Å². The first-order valence-corrected chi connectivity index (χ1v) is 8.65. The van der Waals surface area contributed by atoms with Crippen LogP contribution in [0.15, 0.2) is 24.3 Å². The minimum absolute atomic E-state index is 0.148. The highest BCUT2D eigenvalue weighted by Gasteiger charge is 2.41. The zero-order chi connectivity index (χ0) is 17.5. The standard InChI is InChI=1S/C20H27NO3/c1-13-10-17(23-5)8-9-18(13)14-11-15-6-7-16(12-14)21(15)19(22)24-20(2,3)4/h8-11,15-16H,6-7,12H2,1-5H3. The molecule has 3 rings (SSSR count). The van der Waals surface area contributed by atoms with E-state index in [9.17, 15) is 4.79 Å². The van der Waals surface area contributed by atoms with Crippen molar-refractivity contribution < 1.29 is 14.3 Å². The van der Waals surface area contributed by atoms with Gasteiger partial charge in [0.15, 0.2) is 0 Å². The van der Waals surface area contributed by atoms with Gasteiger partial charge in [0.25, 0.3) is 0 Å². The quantitative estimate of drug-likeness (QED) is 0.798. The van der Waals surface area contributed by atoms with Crippen molar-refractivity contribution in [3.63, 3.8) is 0 Å². The molecule has 0 aromatic heterocycles. The molecule has 24 heavy (non-hydrogen) atoms. The third-order valence-corrected chi connectivity index (χ3v) is 4.78. The fourth-order valence-electron chi connectivity index (χ4n) is 3.75. The Morgan fingerprint density at radius 1 is 1.25 bits per heavy atom. The van der Waals surface area contributed by atoms with Crippen molar-refractivity contribution in [2.75, 3.05) is 7.11 Å². The summed E-state index contributed by atoms with van der Waals surface area (Å²) in [6.07, 6.45) is 5.02. The Morgan fingerprint density at radius 2 is 2.00 bits per heavy atom. The summed E-state index contributed by atoms with van der Waals surface area (Å²) in [5.41, 5.74) is 3.36. The number of carbonyl (C=O) groups excluding carboxylic acids is 1. The average Bonchev–Trinajstić information content (AvgIpc) is 2.76. The number of carbonyl (C=O) groups is 1. The van der Waals surface area contributed by atoms with Gasteiger partial charge in [-0.15, -0.1) is 0 Å². The summed E-state index contributed by atoms with van der Waals surface area (Å²) in [6, 6.07) is 6.59. The minimum Gasteiger partial charge on any atom is -0.497 e. The van der Waals surface area contributed by atoms with Crippen LogP contribution >= 0.6 is 0 Å². The molecule has 2 bridgehead atoms. The summed E-state index contributed by atoms with van der Waals surface area (Å²) in [5.74, 6) is 0.881. The predicted molar refractivity (Wildman–Crippen MR) is 95.2 cm³/mol. The number of amides is 1. The average molecular weight is 329 g/mol. The Labute approximate surface area is 144 Å². The van der Waals surface area contributed by atoms with Crippen molar-refractivity contribution in [2.24, 2.45) is 0 Å². The van der Waals surface area contributed by atoms with Crippen molar-refractivity contribution in [2.45, 2.75) is 64.6 Å². The molecule has 4 nitrogen and oxygen atoms in total. The smallest absolute Gasteiger partial charge is 0.411 e. The van der Waals surface area contributed by atoms with Crippen molar-refractivity contribution in [3.05, 3.63) is 35.4 Å². The predicted octanol–water partition coefficient (Wildman–Crippen LogP) is 4.56. The molecular weight excluding hydrogens is 302 g/mol. The second kappa shape index (κ2) is 6.15. The van der Waals surface area contributed by atoms with Crippen LogP contribution in [0, 0.1) is 6.92 Å². The second-order valence-corrected chi connectivity index (χ2v) is 7.76. The lowest BCUT2D eigenvalue weighted by atomic mass is 9.92. The summed E-state index contributed by atoms with van der Waals surface area (Å²) >= 11 is 0. The van der Waals surface area contributed by atoms with Crippen molar-refractivity contribution in [3.8, 4) is 5.75 Å². The first-order valence-electron chi connectivity index (χ1n) is 8.65. The Kier molecular flexibility index (Phi) is 4.33. The number of hydrogen-bond donors (Lipinski definition) is 0. The maximum Gasteiger partial charge on any atom is 0.411 e. The van der Waals surface area contributed by atoms with Gasteiger partial charge in [-0.05, 0) is 75.8 Å². The zero-order valence-electron chi connectivity index (χ0n) is 15.3. The zero-order valence-corrected chi connectivity index (χ0v) is 15.3. The Hall–Kier alpha value is -1.97. The van der Waals surface area contributed by atoms with E-state index >= 15 is 0 Å². The molecule has 1 amide bonds. The molecule has 0 radical (unpaired) electrons. The molecule has 1 fully saturated rings. The van der Waals surface area contributed by atoms with Crippen LogP contribution in [0.1, 0.15) is 51.2 Å². The maximum atomic E-state index is 12.5. The van der Waals surface area contributed by atoms with Crippen LogP contribution in [-0.2, 0) is 4.74 Å². The Morgan fingerprint density at radius 3 is 2.58 bits per heavy atom. The molecule has 0 N–H and O–H groups in total. The molecule has 2 atom stereocenters. The van der Waals surface area contributed by atoms with E-state index in [0.29, 0.717) is 0 Å². The van der Waals surface area contributed by atoms with Crippen LogP contribution in [0.3, 0.4) is 0 Å². The van der Waals surface area contributed by atoms with E-state index in [-0.39, 0.29) is 18.2 Å². The molecule has 130 valence electrons. The lowest BCUT2D eigenvalue weighted by molar-refractivity contribution is 0.0175. The number of rotatable bonds is 2. The van der Waals surface area contributed by atoms with E-state index < -0.39 is 5.60 Å². The number of aryl methyl sites for hydroxylation is 1. The number of ether oxygens (including phenoxy) is 2. The highest BCUT2D eigenvalue weighted by Crippen LogP contribution is 2.40. The normalized spacial score (nSPS) is 23.0. The molecule has 2 unspecified atom stereocenters. The molecule has 0 saturated carbocycles. The molecular formula is C20H27NO3. The Bertz CT molecular complexity index is 672. The van der Waals surface area contributed by atoms with Gasteiger partial charge in [-0.2, -0.15) is 0 Å². The summed E-state index contributed by atoms with van der Waals surface area (Å²) in [4.78, 5) is 14.5. The summed E-state index contributed by atoms with van der Waals surface area (Å²) in [6.45, 7) is 7.86. The van der Waals surface area contributed by atoms with Crippen molar-refractivity contribution in [1.82, 2.24) is 4.90 Å². The number of hydrogen-bond acceptors (Lipinski definition) is 3. The monoisotopic (exact) mass is 329 g/mol. The van der Waals surface area contributed by atoms with Crippen LogP contribution in [-0.4, -0.2) is 35.8 Å². The van der Waals surface area contributed by atoms with Crippen LogP contribution in [0.5, 0.6) is 5.75 Å². The summed E-state index contributed by atoms with van der Waals surface area (Å²) in [5, 5.41) is 0. The van der Waals surface area contributed by atoms with E-state index in [4.69, 9.17) is 9.47 Å². The molecule has 2 heterocycles. The highest BCUT2D eigenvalue weighted by molar-refractivity contribution is 5.76. The first-order chi connectivity index (χ1) is 11.3. The van der Waals surface area contributed by atoms with Crippen molar-refractivity contribution in [1.29, 1.82) is 0 Å². The fourth-order valence-corrected chi connectivity index (χ4v) is 3.75. The number of methoxy groups -OCH3 is 1. The summed E-state index contributed by atoms with van der Waals surface area (Å²) < 4.78 is 10.9. The molecule has 2 aliphatic heterocycles. The molecule has 1 aromatic carbocycles. The SMILES string of the molecule is COc1ccc(C2=CC3CCC(C2)N3C(=O)OC(C)(C)C)c(C)c1. The largest absolute Gasteiger partial charge is 0.497 e. The van der Waals surface area contributed by atoms with Gasteiger partial charge in [-0.3, -0.25) is 4.90 Å². The molecule has 0 aliphatic carbocycles. The van der Waals surface area contributed by atoms with Crippen LogP contribution in [0.2, 0.25) is 0 Å². The van der Waals surface area contributed by atoms with Gasteiger partial charge >= 0.3 is 6.09 Å². The third kappa shape index (κ3) is 3.28. The van der Waals surface area contributed by atoms with Crippen LogP contribution < -0.4 is 4.74 Å². The van der Waals surface area contributed by atoms with Gasteiger partial charge in [-0.1, -0.05) is 12.1 Å². The molecule has 2 aliphatic rings. The van der Waals surface area contributed by atoms with E-state index in [2.05, 4.69) is 25.1 Å². The maximum absolute atomic E-state index is 12.5. The molecule has 1 saturated heterocycles. The molecule has 1 aromatic rings. The van der Waals surface area contributed by atoms with Gasteiger partial charge in [-0.25, -0.2) is 4.79 Å². The number of fused-ring (bicyclic) bond motifs is 2. The topological polar surface area (TPSA) is 38.8 Å². The van der Waals surface area contributed by atoms with Crippen LogP contribution in [0.4, 0.5) is 4.79 Å². The first kappa shape index (κ1) is 16.9. The third-order valence-electron chi connectivity index (χ3n) is 4.78. The lowest BCUT2D eigenvalue weighted by Crippen LogP contribution is -2.45. The van der Waals surface area contributed by atoms with E-state index in [1.54, 1.807) is 7.11 Å². The Balaban J connectivity index is 1.83. The lowest BCUT2D eigenvalue weighted by Gasteiger charge is -2.35. The highest BCUT2D eigenvalue weighted by atomic mass is 16.6. The fraction of sp³-hybridized carbons (Fsp3) is 0.550. The van der Waals surface area contributed by atoms with E-state index in [1.807, 2.05) is 31.7 Å². The van der Waals surface area contributed by atoms with E-state index in [0.717, 1.165) is 25.0 Å². The minimum atomic E-state index is -0.451. The van der Waals surface area contributed by atoms with Crippen molar-refractivity contribution >= 4 is 11.7 Å². The van der Waals surface area contributed by atoms with Gasteiger partial charge in [0.2, 0.25) is 0 Å². The number of benzene rings is 1. The molecule has 0 spiro atoms. The molecule has 4 heteroatoms. The summed E-state index contributed by atoms with van der Waals surface area (Å²) in [7, 11) is 1.69. The van der Waals surface area contributed by atoms with Gasteiger partial charge in [0.05, 0.1) is 13.2 Å².